The zero-order valence-electron chi connectivity index (χ0n) is 11.2. The molecule has 0 spiro atoms. The maximum atomic E-state index is 11.9. The van der Waals surface area contributed by atoms with Crippen molar-refractivity contribution in [3.8, 4) is 0 Å². The average Bonchev–Trinajstić information content (AvgIpc) is 3.22. The molecule has 1 heterocycles. The smallest absolute Gasteiger partial charge is 0.287 e. The van der Waals surface area contributed by atoms with Crippen LogP contribution in [0, 0.1) is 5.92 Å². The minimum absolute atomic E-state index is 0.206. The van der Waals surface area contributed by atoms with Crippen LogP contribution in [0.1, 0.15) is 25.7 Å². The van der Waals surface area contributed by atoms with E-state index in [1.54, 1.807) is 13.3 Å². The highest BCUT2D eigenvalue weighted by atomic mass is 35.5. The Kier molecular flexibility index (Phi) is 5.22. The SMILES string of the molecule is COCCn1ncc(NCCCC2CC2)c(Cl)c1=O. The molecule has 0 amide bonds. The Morgan fingerprint density at radius 1 is 1.58 bits per heavy atom. The third-order valence-corrected chi connectivity index (χ3v) is 3.66. The summed E-state index contributed by atoms with van der Waals surface area (Å²) in [7, 11) is 1.59. The minimum Gasteiger partial charge on any atom is -0.383 e. The Bertz CT molecular complexity index is 471. The zero-order valence-corrected chi connectivity index (χ0v) is 11.9. The highest BCUT2D eigenvalue weighted by Gasteiger charge is 2.20. The molecule has 0 aliphatic heterocycles. The first-order valence-electron chi connectivity index (χ1n) is 6.71. The number of halogens is 1. The van der Waals surface area contributed by atoms with Crippen molar-refractivity contribution in [3.05, 3.63) is 21.6 Å². The summed E-state index contributed by atoms with van der Waals surface area (Å²) < 4.78 is 6.24. The first-order chi connectivity index (χ1) is 9.22. The number of nitrogens with zero attached hydrogens (tertiary/aromatic N) is 2. The van der Waals surface area contributed by atoms with Crippen molar-refractivity contribution in [2.45, 2.75) is 32.2 Å². The fourth-order valence-corrected chi connectivity index (χ4v) is 2.16. The summed E-state index contributed by atoms with van der Waals surface area (Å²) in [5.41, 5.74) is 0.349. The van der Waals surface area contributed by atoms with E-state index in [4.69, 9.17) is 16.3 Å². The van der Waals surface area contributed by atoms with Crippen LogP contribution in [0.25, 0.3) is 0 Å². The summed E-state index contributed by atoms with van der Waals surface area (Å²) in [6, 6.07) is 0. The van der Waals surface area contributed by atoms with Crippen LogP contribution in [0.2, 0.25) is 5.02 Å². The molecule has 0 bridgehead atoms. The van der Waals surface area contributed by atoms with Crippen molar-refractivity contribution >= 4 is 17.3 Å². The second-order valence-electron chi connectivity index (χ2n) is 4.91. The van der Waals surface area contributed by atoms with Gasteiger partial charge in [-0.25, -0.2) is 4.68 Å². The van der Waals surface area contributed by atoms with Gasteiger partial charge in [0, 0.05) is 13.7 Å². The van der Waals surface area contributed by atoms with E-state index in [1.165, 1.54) is 23.9 Å². The maximum Gasteiger partial charge on any atom is 0.287 e. The molecule has 1 saturated carbocycles. The van der Waals surface area contributed by atoms with Crippen molar-refractivity contribution in [2.24, 2.45) is 5.92 Å². The van der Waals surface area contributed by atoms with Gasteiger partial charge in [0.2, 0.25) is 0 Å². The molecular formula is C13H20ClN3O2. The van der Waals surface area contributed by atoms with Gasteiger partial charge < -0.3 is 10.1 Å². The quantitative estimate of drug-likeness (QED) is 0.744. The van der Waals surface area contributed by atoms with E-state index in [9.17, 15) is 4.79 Å². The predicted molar refractivity (Wildman–Crippen MR) is 75.8 cm³/mol. The van der Waals surface area contributed by atoms with Crippen LogP contribution < -0.4 is 10.9 Å². The molecule has 2 rings (SSSR count). The van der Waals surface area contributed by atoms with E-state index in [-0.39, 0.29) is 10.6 Å². The molecule has 1 aliphatic rings. The molecule has 1 fully saturated rings. The second-order valence-corrected chi connectivity index (χ2v) is 5.28. The van der Waals surface area contributed by atoms with E-state index in [2.05, 4.69) is 10.4 Å². The molecule has 0 saturated heterocycles. The number of hydrogen-bond donors (Lipinski definition) is 1. The van der Waals surface area contributed by atoms with Crippen molar-refractivity contribution in [3.63, 3.8) is 0 Å². The van der Waals surface area contributed by atoms with Crippen molar-refractivity contribution in [2.75, 3.05) is 25.6 Å². The van der Waals surface area contributed by atoms with Gasteiger partial charge in [0.15, 0.2) is 0 Å². The lowest BCUT2D eigenvalue weighted by Crippen LogP contribution is -2.26. The second kappa shape index (κ2) is 6.91. The van der Waals surface area contributed by atoms with Gasteiger partial charge >= 0.3 is 0 Å². The van der Waals surface area contributed by atoms with Gasteiger partial charge in [-0.2, -0.15) is 5.10 Å². The molecule has 1 aromatic rings. The first-order valence-corrected chi connectivity index (χ1v) is 7.08. The Hall–Kier alpha value is -1.07. The number of ether oxygens (including phenoxy) is 1. The number of anilines is 1. The van der Waals surface area contributed by atoms with Crippen molar-refractivity contribution < 1.29 is 4.74 Å². The van der Waals surface area contributed by atoms with Crippen LogP contribution in [-0.2, 0) is 11.3 Å². The van der Waals surface area contributed by atoms with Crippen LogP contribution in [0.3, 0.4) is 0 Å². The Balaban J connectivity index is 1.89. The lowest BCUT2D eigenvalue weighted by molar-refractivity contribution is 0.182. The Labute approximate surface area is 117 Å². The summed E-state index contributed by atoms with van der Waals surface area (Å²) in [5.74, 6) is 0.928. The van der Waals surface area contributed by atoms with E-state index in [0.29, 0.717) is 18.8 Å². The standard InChI is InChI=1S/C13H20ClN3O2/c1-19-8-7-17-13(18)12(14)11(9-16-17)15-6-2-3-10-4-5-10/h9-10,15H,2-8H2,1H3. The molecule has 19 heavy (non-hydrogen) atoms. The summed E-state index contributed by atoms with van der Waals surface area (Å²) in [6.07, 6.45) is 6.71. The monoisotopic (exact) mass is 285 g/mol. The molecular weight excluding hydrogens is 266 g/mol. The average molecular weight is 286 g/mol. The number of methoxy groups -OCH3 is 1. The van der Waals surface area contributed by atoms with Crippen molar-refractivity contribution in [1.29, 1.82) is 0 Å². The molecule has 0 atom stereocenters. The lowest BCUT2D eigenvalue weighted by Gasteiger charge is -2.09. The van der Waals surface area contributed by atoms with Crippen LogP contribution in [0.5, 0.6) is 0 Å². The summed E-state index contributed by atoms with van der Waals surface area (Å²) in [6.45, 7) is 1.69. The van der Waals surface area contributed by atoms with E-state index in [1.807, 2.05) is 0 Å². The van der Waals surface area contributed by atoms with Gasteiger partial charge in [-0.05, 0) is 18.8 Å². The van der Waals surface area contributed by atoms with Gasteiger partial charge in [-0.15, -0.1) is 0 Å². The van der Waals surface area contributed by atoms with Gasteiger partial charge in [0.05, 0.1) is 25.0 Å². The summed E-state index contributed by atoms with van der Waals surface area (Å²) in [5, 5.41) is 7.47. The topological polar surface area (TPSA) is 56.1 Å². The molecule has 1 aromatic heterocycles. The molecule has 0 unspecified atom stereocenters. The highest BCUT2D eigenvalue weighted by molar-refractivity contribution is 6.32. The van der Waals surface area contributed by atoms with Crippen molar-refractivity contribution in [1.82, 2.24) is 9.78 Å². The van der Waals surface area contributed by atoms with Crippen LogP contribution in [0.4, 0.5) is 5.69 Å². The van der Waals surface area contributed by atoms with Crippen LogP contribution in [-0.4, -0.2) is 30.0 Å². The van der Waals surface area contributed by atoms with Gasteiger partial charge in [0.25, 0.3) is 5.56 Å². The largest absolute Gasteiger partial charge is 0.383 e. The summed E-state index contributed by atoms with van der Waals surface area (Å²) >= 11 is 6.05. The minimum atomic E-state index is -0.272. The summed E-state index contributed by atoms with van der Waals surface area (Å²) in [4.78, 5) is 11.9. The van der Waals surface area contributed by atoms with E-state index >= 15 is 0 Å². The van der Waals surface area contributed by atoms with Gasteiger partial charge in [0.1, 0.15) is 5.02 Å². The first kappa shape index (κ1) is 14.3. The van der Waals surface area contributed by atoms with Gasteiger partial charge in [-0.1, -0.05) is 24.4 Å². The number of aromatic nitrogens is 2. The van der Waals surface area contributed by atoms with E-state index in [0.717, 1.165) is 18.9 Å². The zero-order chi connectivity index (χ0) is 13.7. The predicted octanol–water partition coefficient (Wildman–Crippen LogP) is 2.15. The third kappa shape index (κ3) is 4.21. The Morgan fingerprint density at radius 2 is 2.37 bits per heavy atom. The fourth-order valence-electron chi connectivity index (χ4n) is 1.95. The third-order valence-electron chi connectivity index (χ3n) is 3.29. The highest BCUT2D eigenvalue weighted by Crippen LogP contribution is 2.33. The Morgan fingerprint density at radius 3 is 3.05 bits per heavy atom. The molecule has 0 aromatic carbocycles. The number of hydrogen-bond acceptors (Lipinski definition) is 4. The van der Waals surface area contributed by atoms with E-state index < -0.39 is 0 Å². The molecule has 6 heteroatoms. The maximum absolute atomic E-state index is 11.9. The molecule has 5 nitrogen and oxygen atoms in total. The van der Waals surface area contributed by atoms with Crippen LogP contribution >= 0.6 is 11.6 Å². The molecule has 0 radical (unpaired) electrons. The van der Waals surface area contributed by atoms with Crippen LogP contribution in [0.15, 0.2) is 11.0 Å². The normalized spacial score (nSPS) is 14.6. The lowest BCUT2D eigenvalue weighted by atomic mass is 10.2. The molecule has 1 N–H and O–H groups in total. The molecule has 1 aliphatic carbocycles. The number of rotatable bonds is 8. The number of nitrogens with one attached hydrogen (secondary N) is 1. The van der Waals surface area contributed by atoms with Gasteiger partial charge in [-0.3, -0.25) is 4.79 Å². The molecule has 106 valence electrons. The fraction of sp³-hybridized carbons (Fsp3) is 0.692.